The highest BCUT2D eigenvalue weighted by Crippen LogP contribution is 2.23. The van der Waals surface area contributed by atoms with Crippen LogP contribution in [0.1, 0.15) is 72.1 Å². The summed E-state index contributed by atoms with van der Waals surface area (Å²) < 4.78 is 0. The number of hydrogen-bond acceptors (Lipinski definition) is 0. The van der Waals surface area contributed by atoms with Gasteiger partial charge < -0.3 is 0 Å². The van der Waals surface area contributed by atoms with Gasteiger partial charge >= 0.3 is 0 Å². The molecule has 0 aromatic carbocycles. The van der Waals surface area contributed by atoms with Gasteiger partial charge in [-0.2, -0.15) is 0 Å². The second kappa shape index (κ2) is 9.69. The van der Waals surface area contributed by atoms with Crippen LogP contribution in [-0.4, -0.2) is 0 Å². The molecule has 0 heterocycles. The van der Waals surface area contributed by atoms with E-state index in [1.54, 1.807) is 0 Å². The van der Waals surface area contributed by atoms with Crippen molar-refractivity contribution in [3.05, 3.63) is 24.3 Å². The van der Waals surface area contributed by atoms with Crippen LogP contribution in [0, 0.1) is 5.92 Å². The molecule has 0 saturated heterocycles. The standard InChI is InChI=1S/C16H30/c1-6-9-16(11-8-10-14(3)4)13-12-15(5)7-2/h16H,3,5-13H2,1-2,4H3. The molecule has 1 unspecified atom stereocenters. The van der Waals surface area contributed by atoms with Gasteiger partial charge in [-0.05, 0) is 44.9 Å². The maximum Gasteiger partial charge on any atom is -0.0320 e. The van der Waals surface area contributed by atoms with Gasteiger partial charge in [-0.15, -0.1) is 6.58 Å². The SMILES string of the molecule is C=C(C)CCCC(CCC)CCC(=C)CC. The summed E-state index contributed by atoms with van der Waals surface area (Å²) in [5.74, 6) is 0.910. The molecule has 0 aliphatic heterocycles. The van der Waals surface area contributed by atoms with Crippen molar-refractivity contribution in [3.63, 3.8) is 0 Å². The molecule has 0 radical (unpaired) electrons. The third kappa shape index (κ3) is 8.76. The monoisotopic (exact) mass is 222 g/mol. The average Bonchev–Trinajstić information content (AvgIpc) is 2.24. The molecule has 0 aliphatic rings. The lowest BCUT2D eigenvalue weighted by Gasteiger charge is -2.16. The first kappa shape index (κ1) is 15.5. The Morgan fingerprint density at radius 2 is 1.69 bits per heavy atom. The molecule has 0 aromatic rings. The Bertz CT molecular complexity index is 200. The predicted octanol–water partition coefficient (Wildman–Crippen LogP) is 5.90. The Hall–Kier alpha value is -0.520. The Labute approximate surface area is 103 Å². The smallest absolute Gasteiger partial charge is 0.0320 e. The molecular weight excluding hydrogens is 192 g/mol. The number of allylic oxidation sites excluding steroid dienone is 2. The molecule has 1 atom stereocenters. The first-order chi connectivity index (χ1) is 7.60. The zero-order valence-corrected chi connectivity index (χ0v) is 11.6. The summed E-state index contributed by atoms with van der Waals surface area (Å²) >= 11 is 0. The van der Waals surface area contributed by atoms with E-state index in [2.05, 4.69) is 33.9 Å². The van der Waals surface area contributed by atoms with E-state index in [4.69, 9.17) is 0 Å². The fourth-order valence-corrected chi connectivity index (χ4v) is 2.12. The van der Waals surface area contributed by atoms with Gasteiger partial charge in [0.2, 0.25) is 0 Å². The van der Waals surface area contributed by atoms with Gasteiger partial charge in [0.15, 0.2) is 0 Å². The fourth-order valence-electron chi connectivity index (χ4n) is 2.12. The molecule has 0 spiro atoms. The molecule has 0 amide bonds. The summed E-state index contributed by atoms with van der Waals surface area (Å²) in [6.45, 7) is 14.7. The minimum Gasteiger partial charge on any atom is -0.100 e. The van der Waals surface area contributed by atoms with E-state index in [1.807, 2.05) is 0 Å². The number of rotatable bonds is 10. The third-order valence-electron chi connectivity index (χ3n) is 3.32. The molecule has 0 bridgehead atoms. The minimum atomic E-state index is 0.910. The van der Waals surface area contributed by atoms with Crippen molar-refractivity contribution in [1.82, 2.24) is 0 Å². The highest BCUT2D eigenvalue weighted by molar-refractivity contribution is 4.93. The van der Waals surface area contributed by atoms with Gasteiger partial charge in [-0.25, -0.2) is 0 Å². The fraction of sp³-hybridized carbons (Fsp3) is 0.750. The van der Waals surface area contributed by atoms with Gasteiger partial charge in [0.25, 0.3) is 0 Å². The summed E-state index contributed by atoms with van der Waals surface area (Å²) in [5, 5.41) is 0. The minimum absolute atomic E-state index is 0.910. The van der Waals surface area contributed by atoms with Crippen molar-refractivity contribution in [2.24, 2.45) is 5.92 Å². The summed E-state index contributed by atoms with van der Waals surface area (Å²) in [5.41, 5.74) is 2.74. The van der Waals surface area contributed by atoms with Crippen molar-refractivity contribution in [2.45, 2.75) is 72.1 Å². The second-order valence-electron chi connectivity index (χ2n) is 5.15. The highest BCUT2D eigenvalue weighted by atomic mass is 14.1. The van der Waals surface area contributed by atoms with E-state index < -0.39 is 0 Å². The highest BCUT2D eigenvalue weighted by Gasteiger charge is 2.07. The van der Waals surface area contributed by atoms with Gasteiger partial charge in [0.1, 0.15) is 0 Å². The van der Waals surface area contributed by atoms with Crippen LogP contribution in [0.3, 0.4) is 0 Å². The quantitative estimate of drug-likeness (QED) is 0.404. The first-order valence-corrected chi connectivity index (χ1v) is 6.91. The predicted molar refractivity (Wildman–Crippen MR) is 75.7 cm³/mol. The van der Waals surface area contributed by atoms with Gasteiger partial charge in [0, 0.05) is 0 Å². The summed E-state index contributed by atoms with van der Waals surface area (Å²) in [7, 11) is 0. The van der Waals surface area contributed by atoms with E-state index in [1.165, 1.54) is 56.1 Å². The zero-order chi connectivity index (χ0) is 12.4. The third-order valence-corrected chi connectivity index (χ3v) is 3.32. The van der Waals surface area contributed by atoms with Crippen molar-refractivity contribution >= 4 is 0 Å². The topological polar surface area (TPSA) is 0 Å². The Kier molecular flexibility index (Phi) is 9.37. The maximum absolute atomic E-state index is 4.10. The van der Waals surface area contributed by atoms with Gasteiger partial charge in [0.05, 0.1) is 0 Å². The molecule has 0 saturated carbocycles. The zero-order valence-electron chi connectivity index (χ0n) is 11.6. The van der Waals surface area contributed by atoms with Crippen LogP contribution >= 0.6 is 0 Å². The van der Waals surface area contributed by atoms with Crippen LogP contribution in [0.15, 0.2) is 24.3 Å². The normalized spacial score (nSPS) is 12.4. The maximum atomic E-state index is 4.10. The van der Waals surface area contributed by atoms with E-state index >= 15 is 0 Å². The van der Waals surface area contributed by atoms with E-state index in [0.29, 0.717) is 0 Å². The van der Waals surface area contributed by atoms with Crippen molar-refractivity contribution in [2.75, 3.05) is 0 Å². The Balaban J connectivity index is 3.78. The molecule has 0 N–H and O–H groups in total. The summed E-state index contributed by atoms with van der Waals surface area (Å²) in [6.07, 6.45) is 10.3. The van der Waals surface area contributed by atoms with Gasteiger partial charge in [-0.1, -0.05) is 50.8 Å². The molecule has 0 rings (SSSR count). The Morgan fingerprint density at radius 1 is 1.00 bits per heavy atom. The lowest BCUT2D eigenvalue weighted by molar-refractivity contribution is 0.402. The van der Waals surface area contributed by atoms with E-state index in [9.17, 15) is 0 Å². The first-order valence-electron chi connectivity index (χ1n) is 6.91. The lowest BCUT2D eigenvalue weighted by atomic mass is 9.90. The van der Waals surface area contributed by atoms with Crippen molar-refractivity contribution in [1.29, 1.82) is 0 Å². The largest absolute Gasteiger partial charge is 0.100 e. The Morgan fingerprint density at radius 3 is 2.19 bits per heavy atom. The molecule has 0 aliphatic carbocycles. The molecule has 16 heavy (non-hydrogen) atoms. The van der Waals surface area contributed by atoms with E-state index in [0.717, 1.165) is 12.3 Å². The van der Waals surface area contributed by atoms with E-state index in [-0.39, 0.29) is 0 Å². The molecule has 0 nitrogen and oxygen atoms in total. The summed E-state index contributed by atoms with van der Waals surface area (Å²) in [4.78, 5) is 0. The molecule has 0 fully saturated rings. The molecule has 94 valence electrons. The molecule has 0 heteroatoms. The van der Waals surface area contributed by atoms with Crippen LogP contribution in [0.25, 0.3) is 0 Å². The lowest BCUT2D eigenvalue weighted by Crippen LogP contribution is -2.01. The van der Waals surface area contributed by atoms with Crippen LogP contribution < -0.4 is 0 Å². The van der Waals surface area contributed by atoms with Crippen molar-refractivity contribution < 1.29 is 0 Å². The van der Waals surface area contributed by atoms with Crippen LogP contribution in [-0.2, 0) is 0 Å². The second-order valence-corrected chi connectivity index (χ2v) is 5.15. The summed E-state index contributed by atoms with van der Waals surface area (Å²) in [6, 6.07) is 0. The number of hydrogen-bond donors (Lipinski definition) is 0. The van der Waals surface area contributed by atoms with Crippen molar-refractivity contribution in [3.8, 4) is 0 Å². The molecular formula is C16H30. The average molecular weight is 222 g/mol. The van der Waals surface area contributed by atoms with Gasteiger partial charge in [-0.3, -0.25) is 0 Å². The van der Waals surface area contributed by atoms with Crippen LogP contribution in [0.5, 0.6) is 0 Å². The molecule has 0 aromatic heterocycles. The van der Waals surface area contributed by atoms with Crippen LogP contribution in [0.4, 0.5) is 0 Å². The van der Waals surface area contributed by atoms with Crippen LogP contribution in [0.2, 0.25) is 0 Å².